The molecule has 6 heterocycles. The third-order valence-corrected chi connectivity index (χ3v) is 8.20. The Morgan fingerprint density at radius 1 is 1.00 bits per heavy atom. The fourth-order valence-corrected chi connectivity index (χ4v) is 6.01. The van der Waals surface area contributed by atoms with E-state index in [0.29, 0.717) is 41.4 Å². The second-order valence-corrected chi connectivity index (χ2v) is 12.2. The molecule has 0 radical (unpaired) electrons. The van der Waals surface area contributed by atoms with Crippen LogP contribution in [0.5, 0.6) is 5.75 Å². The number of hydrogen-bond acceptors (Lipinski definition) is 7. The molecule has 234 valence electrons. The zero-order chi connectivity index (χ0) is 31.6. The molecule has 7 rings (SSSR count). The van der Waals surface area contributed by atoms with Gasteiger partial charge in [-0.1, -0.05) is 13.8 Å². The van der Waals surface area contributed by atoms with Crippen molar-refractivity contribution in [3.8, 4) is 39.5 Å². The van der Waals surface area contributed by atoms with Crippen molar-refractivity contribution in [2.24, 2.45) is 5.92 Å². The van der Waals surface area contributed by atoms with E-state index in [9.17, 15) is 9.18 Å². The molecule has 1 aromatic carbocycles. The normalized spacial score (nSPS) is 13.7. The number of carbonyl (C=O) groups excluding carboxylic acids is 1. The fraction of sp³-hybridized carbons (Fsp3) is 0.286. The number of fused-ring (bicyclic) bond motifs is 2. The number of pyridine rings is 3. The predicted molar refractivity (Wildman–Crippen MR) is 177 cm³/mol. The molecule has 1 aliphatic rings. The molecular formula is C35H35FN8O2. The van der Waals surface area contributed by atoms with Crippen molar-refractivity contribution in [2.45, 2.75) is 33.1 Å². The number of amides is 1. The van der Waals surface area contributed by atoms with Crippen LogP contribution in [-0.2, 0) is 4.79 Å². The van der Waals surface area contributed by atoms with Crippen LogP contribution in [0.3, 0.4) is 0 Å². The van der Waals surface area contributed by atoms with Gasteiger partial charge in [-0.3, -0.25) is 24.8 Å². The summed E-state index contributed by atoms with van der Waals surface area (Å²) in [5.41, 5.74) is 6.52. The van der Waals surface area contributed by atoms with E-state index in [4.69, 9.17) is 4.74 Å². The van der Waals surface area contributed by atoms with Gasteiger partial charge in [0.2, 0.25) is 5.91 Å². The Morgan fingerprint density at radius 2 is 1.85 bits per heavy atom. The number of aromatic amines is 2. The monoisotopic (exact) mass is 618 g/mol. The summed E-state index contributed by atoms with van der Waals surface area (Å²) in [4.78, 5) is 31.7. The summed E-state index contributed by atoms with van der Waals surface area (Å²) in [6.45, 7) is 7.52. The van der Waals surface area contributed by atoms with Gasteiger partial charge in [0.25, 0.3) is 0 Å². The van der Waals surface area contributed by atoms with E-state index in [0.717, 1.165) is 58.4 Å². The lowest BCUT2D eigenvalue weighted by atomic mass is 10.1. The number of ether oxygens (including phenoxy) is 1. The third kappa shape index (κ3) is 6.32. The molecule has 46 heavy (non-hydrogen) atoms. The molecule has 5 aromatic heterocycles. The number of halogens is 1. The summed E-state index contributed by atoms with van der Waals surface area (Å²) in [7, 11) is 0. The number of nitrogens with one attached hydrogen (secondary N) is 3. The van der Waals surface area contributed by atoms with Gasteiger partial charge in [-0.05, 0) is 68.2 Å². The largest absolute Gasteiger partial charge is 0.492 e. The first-order valence-electron chi connectivity index (χ1n) is 15.6. The lowest BCUT2D eigenvalue weighted by Gasteiger charge is -2.15. The topological polar surface area (TPSA) is 125 Å². The molecule has 10 nitrogen and oxygen atoms in total. The standard InChI is InChI=1S/C35H35FN8O2/c1-21(2)11-32(45)40-26-13-23(18-37-20-26)24-15-29-34(42-43-35(29)39-19-24)31-17-28-30(41-31)5-6-38-33(28)22-12-25(36)16-27(14-22)46-10-9-44-7-3-4-8-44/h5-6,12-21,41H,3-4,7-11H2,1-2H3,(H,40,45)(H,39,42,43). The van der Waals surface area contributed by atoms with Gasteiger partial charge in [0.15, 0.2) is 5.65 Å². The maximum Gasteiger partial charge on any atom is 0.224 e. The van der Waals surface area contributed by atoms with Crippen molar-refractivity contribution >= 4 is 33.5 Å². The number of rotatable bonds is 10. The highest BCUT2D eigenvalue weighted by Gasteiger charge is 2.17. The summed E-state index contributed by atoms with van der Waals surface area (Å²) in [5.74, 6) is 0.319. The van der Waals surface area contributed by atoms with Gasteiger partial charge in [-0.25, -0.2) is 9.37 Å². The van der Waals surface area contributed by atoms with E-state index in [1.54, 1.807) is 24.8 Å². The van der Waals surface area contributed by atoms with Crippen LogP contribution >= 0.6 is 0 Å². The maximum absolute atomic E-state index is 14.8. The highest BCUT2D eigenvalue weighted by Crippen LogP contribution is 2.35. The maximum atomic E-state index is 14.8. The fourth-order valence-electron chi connectivity index (χ4n) is 6.01. The summed E-state index contributed by atoms with van der Waals surface area (Å²) in [6.07, 6.45) is 9.70. The molecule has 0 atom stereocenters. The van der Waals surface area contributed by atoms with Crippen LogP contribution < -0.4 is 10.1 Å². The van der Waals surface area contributed by atoms with Gasteiger partial charge < -0.3 is 15.0 Å². The van der Waals surface area contributed by atoms with Crippen molar-refractivity contribution in [1.29, 1.82) is 0 Å². The lowest BCUT2D eigenvalue weighted by molar-refractivity contribution is -0.116. The number of carbonyl (C=O) groups is 1. The molecule has 1 aliphatic heterocycles. The van der Waals surface area contributed by atoms with Gasteiger partial charge >= 0.3 is 0 Å². The summed E-state index contributed by atoms with van der Waals surface area (Å²) < 4.78 is 20.7. The molecule has 0 aliphatic carbocycles. The molecular weight excluding hydrogens is 583 g/mol. The average Bonchev–Trinajstić information content (AvgIpc) is 3.80. The molecule has 3 N–H and O–H groups in total. The van der Waals surface area contributed by atoms with Crippen LogP contribution in [-0.4, -0.2) is 67.2 Å². The van der Waals surface area contributed by atoms with Crippen LogP contribution in [0.2, 0.25) is 0 Å². The number of nitrogens with zero attached hydrogens (tertiary/aromatic N) is 5. The zero-order valence-electron chi connectivity index (χ0n) is 25.8. The first-order valence-corrected chi connectivity index (χ1v) is 15.6. The Hall–Kier alpha value is -5.16. The molecule has 1 saturated heterocycles. The van der Waals surface area contributed by atoms with E-state index >= 15 is 0 Å². The highest BCUT2D eigenvalue weighted by atomic mass is 19.1. The minimum Gasteiger partial charge on any atom is -0.492 e. The number of aromatic nitrogens is 6. The second-order valence-electron chi connectivity index (χ2n) is 12.2. The van der Waals surface area contributed by atoms with Crippen molar-refractivity contribution in [3.63, 3.8) is 0 Å². The Balaban J connectivity index is 1.18. The van der Waals surface area contributed by atoms with E-state index < -0.39 is 0 Å². The lowest BCUT2D eigenvalue weighted by Crippen LogP contribution is -2.25. The predicted octanol–water partition coefficient (Wildman–Crippen LogP) is 6.83. The highest BCUT2D eigenvalue weighted by molar-refractivity contribution is 6.00. The minimum atomic E-state index is -0.376. The van der Waals surface area contributed by atoms with Crippen molar-refractivity contribution in [2.75, 3.05) is 31.6 Å². The third-order valence-electron chi connectivity index (χ3n) is 8.20. The Labute approximate surface area is 265 Å². The summed E-state index contributed by atoms with van der Waals surface area (Å²) in [6, 6.07) is 12.5. The zero-order valence-corrected chi connectivity index (χ0v) is 25.8. The van der Waals surface area contributed by atoms with E-state index in [1.807, 2.05) is 44.2 Å². The number of benzene rings is 1. The number of hydrogen-bond donors (Lipinski definition) is 3. The van der Waals surface area contributed by atoms with E-state index in [-0.39, 0.29) is 17.6 Å². The number of likely N-dealkylation sites (tertiary alicyclic amines) is 1. The Morgan fingerprint density at radius 3 is 2.70 bits per heavy atom. The average molecular weight is 619 g/mol. The van der Waals surface area contributed by atoms with E-state index in [1.165, 1.54) is 25.0 Å². The van der Waals surface area contributed by atoms with Gasteiger partial charge in [0, 0.05) is 70.6 Å². The SMILES string of the molecule is CC(C)CC(=O)Nc1cncc(-c2cnc3n[nH]c(-c4cc5c(-c6cc(F)cc(OCCN7CCCC7)c6)nccc5[nH]4)c3c2)c1. The molecule has 11 heteroatoms. The molecule has 1 fully saturated rings. The van der Waals surface area contributed by atoms with Crippen molar-refractivity contribution in [1.82, 2.24) is 35.0 Å². The number of H-pyrrole nitrogens is 2. The molecule has 6 aromatic rings. The van der Waals surface area contributed by atoms with Gasteiger partial charge in [-0.2, -0.15) is 5.10 Å². The van der Waals surface area contributed by atoms with E-state index in [2.05, 4.69) is 40.3 Å². The summed E-state index contributed by atoms with van der Waals surface area (Å²) >= 11 is 0. The van der Waals surface area contributed by atoms with Crippen LogP contribution in [0.25, 0.3) is 55.7 Å². The molecule has 0 bridgehead atoms. The summed E-state index contributed by atoms with van der Waals surface area (Å²) in [5, 5.41) is 12.1. The molecule has 0 spiro atoms. The van der Waals surface area contributed by atoms with Crippen LogP contribution in [0.15, 0.2) is 67.3 Å². The first-order chi connectivity index (χ1) is 22.4. The molecule has 1 amide bonds. The van der Waals surface area contributed by atoms with Gasteiger partial charge in [0.1, 0.15) is 18.2 Å². The molecule has 0 saturated carbocycles. The van der Waals surface area contributed by atoms with Crippen molar-refractivity contribution in [3.05, 3.63) is 73.1 Å². The Bertz CT molecular complexity index is 2030. The van der Waals surface area contributed by atoms with Crippen molar-refractivity contribution < 1.29 is 13.9 Å². The number of anilines is 1. The quantitative estimate of drug-likeness (QED) is 0.154. The van der Waals surface area contributed by atoms with Crippen LogP contribution in [0, 0.1) is 11.7 Å². The van der Waals surface area contributed by atoms with Gasteiger partial charge in [-0.15, -0.1) is 0 Å². The first kappa shape index (κ1) is 29.5. The molecule has 0 unspecified atom stereocenters. The minimum absolute atomic E-state index is 0.0492. The second kappa shape index (κ2) is 12.7. The van der Waals surface area contributed by atoms with Crippen LogP contribution in [0.1, 0.15) is 33.1 Å². The smallest absolute Gasteiger partial charge is 0.224 e. The Kier molecular flexibility index (Phi) is 8.15. The van der Waals surface area contributed by atoms with Crippen LogP contribution in [0.4, 0.5) is 10.1 Å². The van der Waals surface area contributed by atoms with Gasteiger partial charge in [0.05, 0.1) is 29.0 Å².